The van der Waals surface area contributed by atoms with Crippen LogP contribution in [-0.4, -0.2) is 6.61 Å². The molecule has 0 aliphatic rings. The molecule has 2 heteroatoms. The Morgan fingerprint density at radius 1 is 2.00 bits per heavy atom. The monoisotopic (exact) mass is 84.0 g/mol. The summed E-state index contributed by atoms with van der Waals surface area (Å²) >= 11 is 0. The molecule has 0 aromatic heterocycles. The van der Waals surface area contributed by atoms with Crippen LogP contribution in [0.1, 0.15) is 6.92 Å². The van der Waals surface area contributed by atoms with E-state index in [0.717, 1.165) is 0 Å². The second kappa shape index (κ2) is 2.67. The van der Waals surface area contributed by atoms with Gasteiger partial charge in [-0.2, -0.15) is 5.26 Å². The van der Waals surface area contributed by atoms with Crippen LogP contribution < -0.4 is 0 Å². The van der Waals surface area contributed by atoms with E-state index in [1.165, 1.54) is 0 Å². The van der Waals surface area contributed by atoms with Crippen LogP contribution in [0.2, 0.25) is 0 Å². The molecule has 1 atom stereocenters. The lowest BCUT2D eigenvalue weighted by Gasteiger charge is -1.84. The molecule has 0 heterocycles. The highest BCUT2D eigenvalue weighted by Gasteiger charge is 1.92. The summed E-state index contributed by atoms with van der Waals surface area (Å²) in [6.45, 7) is 1.32. The second-order valence-electron chi connectivity index (χ2n) is 1.20. The third-order valence-electron chi connectivity index (χ3n) is 0.470. The number of nitriles is 1. The van der Waals surface area contributed by atoms with Crippen LogP contribution in [0, 0.1) is 17.2 Å². The fraction of sp³-hybridized carbons (Fsp3) is 0.750. The molecule has 0 bridgehead atoms. The van der Waals surface area contributed by atoms with E-state index in [9.17, 15) is 5.11 Å². The average Bonchev–Trinajstić information content (AvgIpc) is 1.65. The van der Waals surface area contributed by atoms with Gasteiger partial charge in [0.2, 0.25) is 0 Å². The van der Waals surface area contributed by atoms with Crippen molar-refractivity contribution in [2.75, 3.05) is 6.61 Å². The molecule has 2 nitrogen and oxygen atoms in total. The average molecular weight is 84.1 g/mol. The number of hydrogen-bond donors (Lipinski definition) is 0. The summed E-state index contributed by atoms with van der Waals surface area (Å²) in [6, 6.07) is 1.80. The van der Waals surface area contributed by atoms with Crippen molar-refractivity contribution in [1.29, 1.82) is 5.26 Å². The molecule has 1 unspecified atom stereocenters. The summed E-state index contributed by atoms with van der Waals surface area (Å²) in [5.74, 6) is -0.315. The van der Waals surface area contributed by atoms with Crippen molar-refractivity contribution in [3.63, 3.8) is 0 Å². The van der Waals surface area contributed by atoms with Crippen LogP contribution in [0.15, 0.2) is 0 Å². The van der Waals surface area contributed by atoms with Gasteiger partial charge in [-0.3, -0.25) is 0 Å². The highest BCUT2D eigenvalue weighted by atomic mass is 16.3. The van der Waals surface area contributed by atoms with Crippen LogP contribution in [0.5, 0.6) is 0 Å². The molecule has 1 radical (unpaired) electrons. The Morgan fingerprint density at radius 2 is 2.50 bits per heavy atom. The Hall–Kier alpha value is -0.550. The van der Waals surface area contributed by atoms with Gasteiger partial charge in [-0.05, 0) is 6.92 Å². The lowest BCUT2D eigenvalue weighted by atomic mass is 10.2. The Labute approximate surface area is 37.0 Å². The summed E-state index contributed by atoms with van der Waals surface area (Å²) in [7, 11) is 0. The predicted octanol–water partition coefficient (Wildman–Crippen LogP) is 0.577. The van der Waals surface area contributed by atoms with Crippen molar-refractivity contribution in [3.8, 4) is 6.07 Å². The van der Waals surface area contributed by atoms with Crippen LogP contribution in [0.3, 0.4) is 0 Å². The maximum atomic E-state index is 9.64. The maximum absolute atomic E-state index is 9.64. The Balaban J connectivity index is 3.04. The summed E-state index contributed by atoms with van der Waals surface area (Å²) < 4.78 is 0. The molecule has 0 rings (SSSR count). The normalized spacial score (nSPS) is 12.8. The van der Waals surface area contributed by atoms with Crippen LogP contribution in [0.4, 0.5) is 0 Å². The highest BCUT2D eigenvalue weighted by molar-refractivity contribution is 4.76. The molecular formula is C4H6NO. The number of hydrogen-bond acceptors (Lipinski definition) is 1. The molecule has 33 valence electrons. The Bertz CT molecular complexity index is 64.4. The van der Waals surface area contributed by atoms with Crippen molar-refractivity contribution in [2.45, 2.75) is 6.92 Å². The van der Waals surface area contributed by atoms with E-state index in [-0.39, 0.29) is 12.5 Å². The topological polar surface area (TPSA) is 43.7 Å². The third kappa shape index (κ3) is 1.74. The van der Waals surface area contributed by atoms with E-state index in [4.69, 9.17) is 5.26 Å². The standard InChI is InChI=1S/C4H6NO/c1-4(2-5)3-6/h4H,3H2,1H3. The van der Waals surface area contributed by atoms with Gasteiger partial charge in [-0.15, -0.1) is 0 Å². The molecule has 0 aromatic rings. The highest BCUT2D eigenvalue weighted by Crippen LogP contribution is 1.84. The largest absolute Gasteiger partial charge is 0.235 e. The maximum Gasteiger partial charge on any atom is 0.0977 e. The van der Waals surface area contributed by atoms with Crippen molar-refractivity contribution < 1.29 is 5.11 Å². The molecule has 0 N–H and O–H groups in total. The van der Waals surface area contributed by atoms with Gasteiger partial charge in [0.25, 0.3) is 0 Å². The zero-order valence-electron chi connectivity index (χ0n) is 3.64. The molecule has 6 heavy (non-hydrogen) atoms. The zero-order valence-corrected chi connectivity index (χ0v) is 3.64. The lowest BCUT2D eigenvalue weighted by molar-refractivity contribution is 0.171. The van der Waals surface area contributed by atoms with Gasteiger partial charge < -0.3 is 0 Å². The van der Waals surface area contributed by atoms with Gasteiger partial charge in [0.1, 0.15) is 0 Å². The summed E-state index contributed by atoms with van der Waals surface area (Å²) in [5.41, 5.74) is 0. The molecule has 0 aromatic carbocycles. The van der Waals surface area contributed by atoms with Crippen molar-refractivity contribution in [2.24, 2.45) is 5.92 Å². The van der Waals surface area contributed by atoms with Gasteiger partial charge in [-0.1, -0.05) is 0 Å². The van der Waals surface area contributed by atoms with E-state index in [1.807, 2.05) is 0 Å². The minimum absolute atomic E-state index is 0.281. The molecule has 0 aliphatic carbocycles. The lowest BCUT2D eigenvalue weighted by Crippen LogP contribution is -1.92. The zero-order chi connectivity index (χ0) is 4.99. The van der Waals surface area contributed by atoms with Gasteiger partial charge in [0, 0.05) is 0 Å². The molecular weight excluding hydrogens is 78.0 g/mol. The molecule has 0 amide bonds. The number of rotatable bonds is 1. The summed E-state index contributed by atoms with van der Waals surface area (Å²) in [6.07, 6.45) is 0. The summed E-state index contributed by atoms with van der Waals surface area (Å²) in [4.78, 5) is 0. The van der Waals surface area contributed by atoms with Crippen LogP contribution >= 0.6 is 0 Å². The summed E-state index contributed by atoms with van der Waals surface area (Å²) in [5, 5.41) is 17.5. The first kappa shape index (κ1) is 5.45. The van der Waals surface area contributed by atoms with E-state index < -0.39 is 0 Å². The Kier molecular flexibility index (Phi) is 2.43. The van der Waals surface area contributed by atoms with Gasteiger partial charge in [-0.25, -0.2) is 5.11 Å². The van der Waals surface area contributed by atoms with E-state index in [2.05, 4.69) is 0 Å². The van der Waals surface area contributed by atoms with E-state index >= 15 is 0 Å². The molecule has 0 spiro atoms. The fourth-order valence-corrected chi connectivity index (χ4v) is 0.0373. The fourth-order valence-electron chi connectivity index (χ4n) is 0.0373. The van der Waals surface area contributed by atoms with Crippen molar-refractivity contribution in [1.82, 2.24) is 0 Å². The second-order valence-corrected chi connectivity index (χ2v) is 1.20. The van der Waals surface area contributed by atoms with Crippen LogP contribution in [-0.2, 0) is 5.11 Å². The molecule has 0 saturated heterocycles. The first-order valence-electron chi connectivity index (χ1n) is 1.79. The minimum Gasteiger partial charge on any atom is -0.235 e. The number of nitrogens with zero attached hydrogens (tertiary/aromatic N) is 1. The van der Waals surface area contributed by atoms with E-state index in [1.54, 1.807) is 13.0 Å². The molecule has 0 aliphatic heterocycles. The first-order chi connectivity index (χ1) is 2.81. The smallest absolute Gasteiger partial charge is 0.0977 e. The van der Waals surface area contributed by atoms with Gasteiger partial charge >= 0.3 is 0 Å². The van der Waals surface area contributed by atoms with Gasteiger partial charge in [0.15, 0.2) is 0 Å². The third-order valence-corrected chi connectivity index (χ3v) is 0.470. The quantitative estimate of drug-likeness (QED) is 0.458. The van der Waals surface area contributed by atoms with Gasteiger partial charge in [0.05, 0.1) is 18.6 Å². The van der Waals surface area contributed by atoms with Crippen LogP contribution in [0.25, 0.3) is 0 Å². The first-order valence-corrected chi connectivity index (χ1v) is 1.79. The SMILES string of the molecule is CC(C#N)C[O]. The van der Waals surface area contributed by atoms with E-state index in [0.29, 0.717) is 0 Å². The predicted molar refractivity (Wildman–Crippen MR) is 20.3 cm³/mol. The minimum atomic E-state index is -0.315. The van der Waals surface area contributed by atoms with Crippen molar-refractivity contribution in [3.05, 3.63) is 0 Å². The Morgan fingerprint density at radius 3 is 2.50 bits per heavy atom. The molecule has 0 fully saturated rings. The van der Waals surface area contributed by atoms with Crippen molar-refractivity contribution >= 4 is 0 Å². The molecule has 0 saturated carbocycles.